The van der Waals surface area contributed by atoms with Crippen LogP contribution in [0.5, 0.6) is 0 Å². The molecule has 1 heterocycles. The first-order chi connectivity index (χ1) is 10.3. The standard InChI is InChI=1S/C15H18N2O5/c16-12(18)11-3-1-10(2-4-11)9-15(13(19)20)5-7-17(8-6-15)14(21)22/h1-4H,5-9H2,(H2,16,18)(H,19,20)(H,21,22). The Bertz CT molecular complexity index is 588. The van der Waals surface area contributed by atoms with Gasteiger partial charge in [-0.3, -0.25) is 9.59 Å². The van der Waals surface area contributed by atoms with Crippen molar-refractivity contribution < 1.29 is 24.6 Å². The van der Waals surface area contributed by atoms with Crippen molar-refractivity contribution in [1.29, 1.82) is 0 Å². The number of piperidine rings is 1. The van der Waals surface area contributed by atoms with Gasteiger partial charge < -0.3 is 20.8 Å². The van der Waals surface area contributed by atoms with Gasteiger partial charge in [-0.1, -0.05) is 12.1 Å². The fourth-order valence-corrected chi connectivity index (χ4v) is 2.77. The molecule has 0 bridgehead atoms. The van der Waals surface area contributed by atoms with E-state index < -0.39 is 23.4 Å². The molecule has 0 saturated carbocycles. The van der Waals surface area contributed by atoms with E-state index in [4.69, 9.17) is 10.8 Å². The second kappa shape index (κ2) is 6.05. The van der Waals surface area contributed by atoms with Crippen LogP contribution >= 0.6 is 0 Å². The first-order valence-electron chi connectivity index (χ1n) is 6.94. The minimum atomic E-state index is -1.02. The van der Waals surface area contributed by atoms with E-state index >= 15 is 0 Å². The normalized spacial score (nSPS) is 17.0. The quantitative estimate of drug-likeness (QED) is 0.771. The number of carboxylic acids is 1. The molecule has 118 valence electrons. The molecule has 22 heavy (non-hydrogen) atoms. The number of primary amides is 1. The predicted molar refractivity (Wildman–Crippen MR) is 77.6 cm³/mol. The van der Waals surface area contributed by atoms with Crippen LogP contribution in [0.25, 0.3) is 0 Å². The molecule has 1 aromatic carbocycles. The van der Waals surface area contributed by atoms with Crippen molar-refractivity contribution >= 4 is 18.0 Å². The van der Waals surface area contributed by atoms with Gasteiger partial charge >= 0.3 is 12.1 Å². The average molecular weight is 306 g/mol. The topological polar surface area (TPSA) is 121 Å². The summed E-state index contributed by atoms with van der Waals surface area (Å²) in [5.41, 5.74) is 5.36. The van der Waals surface area contributed by atoms with Crippen LogP contribution in [0.4, 0.5) is 4.79 Å². The molecule has 2 amide bonds. The van der Waals surface area contributed by atoms with Crippen LogP contribution in [0.1, 0.15) is 28.8 Å². The number of hydrogen-bond donors (Lipinski definition) is 3. The van der Waals surface area contributed by atoms with E-state index in [0.29, 0.717) is 12.0 Å². The van der Waals surface area contributed by atoms with Crippen LogP contribution in [-0.4, -0.2) is 46.2 Å². The van der Waals surface area contributed by atoms with Gasteiger partial charge in [0.1, 0.15) is 0 Å². The van der Waals surface area contributed by atoms with Gasteiger partial charge in [0.2, 0.25) is 5.91 Å². The molecule has 1 aliphatic heterocycles. The lowest BCUT2D eigenvalue weighted by Gasteiger charge is -2.37. The summed E-state index contributed by atoms with van der Waals surface area (Å²) in [5, 5.41) is 18.5. The molecule has 2 rings (SSSR count). The van der Waals surface area contributed by atoms with Gasteiger partial charge in [-0.25, -0.2) is 4.79 Å². The fourth-order valence-electron chi connectivity index (χ4n) is 2.77. The van der Waals surface area contributed by atoms with E-state index in [1.165, 1.54) is 4.90 Å². The SMILES string of the molecule is NC(=O)c1ccc(CC2(C(=O)O)CCN(C(=O)O)CC2)cc1. The lowest BCUT2D eigenvalue weighted by atomic mass is 9.74. The van der Waals surface area contributed by atoms with Gasteiger partial charge in [0, 0.05) is 18.7 Å². The Labute approximate surface area is 127 Å². The summed E-state index contributed by atoms with van der Waals surface area (Å²) in [6, 6.07) is 6.52. The summed E-state index contributed by atoms with van der Waals surface area (Å²) in [6.45, 7) is 0.419. The summed E-state index contributed by atoms with van der Waals surface area (Å²) in [5.74, 6) is -1.45. The molecular weight excluding hydrogens is 288 g/mol. The molecule has 4 N–H and O–H groups in total. The smallest absolute Gasteiger partial charge is 0.407 e. The minimum absolute atomic E-state index is 0.209. The van der Waals surface area contributed by atoms with Crippen molar-refractivity contribution in [2.45, 2.75) is 19.3 Å². The number of aliphatic carboxylic acids is 1. The molecule has 0 atom stereocenters. The number of nitrogens with zero attached hydrogens (tertiary/aromatic N) is 1. The van der Waals surface area contributed by atoms with Crippen molar-refractivity contribution in [1.82, 2.24) is 4.90 Å². The highest BCUT2D eigenvalue weighted by molar-refractivity contribution is 5.92. The van der Waals surface area contributed by atoms with Gasteiger partial charge in [-0.05, 0) is 37.0 Å². The van der Waals surface area contributed by atoms with Crippen molar-refractivity contribution in [3.63, 3.8) is 0 Å². The lowest BCUT2D eigenvalue weighted by Crippen LogP contribution is -2.47. The number of carbonyl (C=O) groups excluding carboxylic acids is 1. The van der Waals surface area contributed by atoms with Crippen molar-refractivity contribution in [3.05, 3.63) is 35.4 Å². The molecule has 1 fully saturated rings. The van der Waals surface area contributed by atoms with Crippen molar-refractivity contribution in [3.8, 4) is 0 Å². The summed E-state index contributed by atoms with van der Waals surface area (Å²) >= 11 is 0. The molecule has 1 aliphatic rings. The maximum Gasteiger partial charge on any atom is 0.407 e. The fraction of sp³-hybridized carbons (Fsp3) is 0.400. The number of nitrogens with two attached hydrogens (primary N) is 1. The molecule has 0 radical (unpaired) electrons. The third-order valence-electron chi connectivity index (χ3n) is 4.23. The van der Waals surface area contributed by atoms with Gasteiger partial charge in [0.15, 0.2) is 0 Å². The predicted octanol–water partition coefficient (Wildman–Crippen LogP) is 1.17. The highest BCUT2D eigenvalue weighted by Gasteiger charge is 2.42. The molecule has 7 nitrogen and oxygen atoms in total. The summed E-state index contributed by atoms with van der Waals surface area (Å²) < 4.78 is 0. The Morgan fingerprint density at radius 1 is 1.09 bits per heavy atom. The number of rotatable bonds is 4. The molecule has 0 unspecified atom stereocenters. The third-order valence-corrected chi connectivity index (χ3v) is 4.23. The van der Waals surface area contributed by atoms with E-state index in [9.17, 15) is 19.5 Å². The molecule has 1 aromatic rings. The Kier molecular flexibility index (Phi) is 4.35. The van der Waals surface area contributed by atoms with Crippen LogP contribution in [0.2, 0.25) is 0 Å². The van der Waals surface area contributed by atoms with E-state index in [1.807, 2.05) is 0 Å². The van der Waals surface area contributed by atoms with E-state index in [-0.39, 0.29) is 25.9 Å². The Morgan fingerprint density at radius 2 is 1.64 bits per heavy atom. The Balaban J connectivity index is 2.14. The number of benzene rings is 1. The first kappa shape index (κ1) is 15.8. The maximum absolute atomic E-state index is 11.7. The largest absolute Gasteiger partial charge is 0.481 e. The van der Waals surface area contributed by atoms with Crippen LogP contribution in [0.15, 0.2) is 24.3 Å². The van der Waals surface area contributed by atoms with Crippen molar-refractivity contribution in [2.75, 3.05) is 13.1 Å². The molecule has 7 heteroatoms. The molecule has 0 aromatic heterocycles. The van der Waals surface area contributed by atoms with E-state index in [0.717, 1.165) is 5.56 Å². The Hall–Kier alpha value is -2.57. The van der Waals surface area contributed by atoms with Crippen LogP contribution < -0.4 is 5.73 Å². The maximum atomic E-state index is 11.7. The second-order valence-electron chi connectivity index (χ2n) is 5.59. The Morgan fingerprint density at radius 3 is 2.05 bits per heavy atom. The van der Waals surface area contributed by atoms with Crippen molar-refractivity contribution in [2.24, 2.45) is 11.1 Å². The van der Waals surface area contributed by atoms with Crippen LogP contribution in [0, 0.1) is 5.41 Å². The van der Waals surface area contributed by atoms with Crippen LogP contribution in [-0.2, 0) is 11.2 Å². The third kappa shape index (κ3) is 3.19. The molecule has 0 aliphatic carbocycles. The monoisotopic (exact) mass is 306 g/mol. The highest BCUT2D eigenvalue weighted by Crippen LogP contribution is 2.35. The molecule has 1 saturated heterocycles. The van der Waals surface area contributed by atoms with Crippen LogP contribution in [0.3, 0.4) is 0 Å². The lowest BCUT2D eigenvalue weighted by molar-refractivity contribution is -0.151. The molecule has 0 spiro atoms. The molecular formula is C15H18N2O5. The van der Waals surface area contributed by atoms with Gasteiger partial charge in [-0.2, -0.15) is 0 Å². The summed E-state index contributed by atoms with van der Waals surface area (Å²) in [6.07, 6.45) is -0.183. The zero-order valence-corrected chi connectivity index (χ0v) is 12.0. The average Bonchev–Trinajstić information content (AvgIpc) is 2.48. The highest BCUT2D eigenvalue weighted by atomic mass is 16.4. The minimum Gasteiger partial charge on any atom is -0.481 e. The van der Waals surface area contributed by atoms with Gasteiger partial charge in [0.25, 0.3) is 0 Å². The number of amides is 2. The van der Waals surface area contributed by atoms with E-state index in [2.05, 4.69) is 0 Å². The number of likely N-dealkylation sites (tertiary alicyclic amines) is 1. The zero-order chi connectivity index (χ0) is 16.3. The summed E-state index contributed by atoms with van der Waals surface area (Å²) in [7, 11) is 0. The zero-order valence-electron chi connectivity index (χ0n) is 12.0. The van der Waals surface area contributed by atoms with Gasteiger partial charge in [-0.15, -0.1) is 0 Å². The first-order valence-corrected chi connectivity index (χ1v) is 6.94. The number of carboxylic acid groups (broad SMARTS) is 2. The number of carbonyl (C=O) groups is 3. The number of hydrogen-bond acceptors (Lipinski definition) is 3. The van der Waals surface area contributed by atoms with Gasteiger partial charge in [0.05, 0.1) is 5.41 Å². The summed E-state index contributed by atoms with van der Waals surface area (Å²) in [4.78, 5) is 34.9. The second-order valence-corrected chi connectivity index (χ2v) is 5.59. The van der Waals surface area contributed by atoms with E-state index in [1.54, 1.807) is 24.3 Å².